The molecule has 0 spiro atoms. The number of piperidine rings is 1. The molecule has 0 radical (unpaired) electrons. The Hall–Kier alpha value is -1.42. The number of carbonyl (C=O) groups excluding carboxylic acids is 1. The highest BCUT2D eigenvalue weighted by molar-refractivity contribution is 5.78. The monoisotopic (exact) mass is 250 g/mol. The molecule has 1 aromatic carbocycles. The number of nitrogens with zero attached hydrogens (tertiary/aromatic N) is 1. The molecule has 1 fully saturated rings. The zero-order valence-corrected chi connectivity index (χ0v) is 10.4. The van der Waals surface area contributed by atoms with Crippen molar-refractivity contribution in [3.63, 3.8) is 0 Å². The Labute approximate surface area is 107 Å². The van der Waals surface area contributed by atoms with Crippen molar-refractivity contribution in [2.45, 2.75) is 19.3 Å². The number of carbonyl (C=O) groups is 1. The summed E-state index contributed by atoms with van der Waals surface area (Å²) in [7, 11) is 0. The van der Waals surface area contributed by atoms with Crippen LogP contribution in [0.1, 0.15) is 18.4 Å². The molecular formula is C14H19FN2O. The molecule has 0 saturated carbocycles. The van der Waals surface area contributed by atoms with Crippen LogP contribution in [-0.2, 0) is 11.2 Å². The first-order valence-electron chi connectivity index (χ1n) is 6.41. The lowest BCUT2D eigenvalue weighted by atomic mass is 9.97. The third kappa shape index (κ3) is 3.29. The summed E-state index contributed by atoms with van der Waals surface area (Å²) in [4.78, 5) is 14.0. The standard InChI is InChI=1S/C14H19FN2O/c15-13-5-3-11(4-6-13)8-14(18)17-7-1-2-12(9-16)10-17/h3-6,12H,1-2,7-10,16H2. The minimum atomic E-state index is -0.271. The minimum absolute atomic E-state index is 0.111. The predicted molar refractivity (Wildman–Crippen MR) is 68.5 cm³/mol. The van der Waals surface area contributed by atoms with E-state index in [1.54, 1.807) is 12.1 Å². The number of likely N-dealkylation sites (tertiary alicyclic amines) is 1. The smallest absolute Gasteiger partial charge is 0.226 e. The van der Waals surface area contributed by atoms with Gasteiger partial charge in [-0.15, -0.1) is 0 Å². The van der Waals surface area contributed by atoms with Crippen LogP contribution in [0.4, 0.5) is 4.39 Å². The number of hydrogen-bond acceptors (Lipinski definition) is 2. The summed E-state index contributed by atoms with van der Waals surface area (Å²) < 4.78 is 12.8. The van der Waals surface area contributed by atoms with E-state index in [0.29, 0.717) is 18.9 Å². The van der Waals surface area contributed by atoms with E-state index in [1.165, 1.54) is 12.1 Å². The Balaban J connectivity index is 1.93. The molecule has 18 heavy (non-hydrogen) atoms. The summed E-state index contributed by atoms with van der Waals surface area (Å²) in [6.07, 6.45) is 2.48. The van der Waals surface area contributed by atoms with Gasteiger partial charge in [-0.2, -0.15) is 0 Å². The van der Waals surface area contributed by atoms with Crippen LogP contribution in [0.15, 0.2) is 24.3 Å². The van der Waals surface area contributed by atoms with E-state index in [2.05, 4.69) is 0 Å². The quantitative estimate of drug-likeness (QED) is 0.885. The first-order valence-corrected chi connectivity index (χ1v) is 6.41. The molecule has 0 aliphatic carbocycles. The summed E-state index contributed by atoms with van der Waals surface area (Å²) in [5, 5.41) is 0. The van der Waals surface area contributed by atoms with Crippen LogP contribution in [0.2, 0.25) is 0 Å². The zero-order chi connectivity index (χ0) is 13.0. The van der Waals surface area contributed by atoms with Gasteiger partial charge in [0.2, 0.25) is 5.91 Å². The summed E-state index contributed by atoms with van der Waals surface area (Å²) in [5.74, 6) is 0.267. The summed E-state index contributed by atoms with van der Waals surface area (Å²) >= 11 is 0. The number of benzene rings is 1. The molecular weight excluding hydrogens is 231 g/mol. The first-order chi connectivity index (χ1) is 8.69. The third-order valence-electron chi connectivity index (χ3n) is 3.47. The van der Waals surface area contributed by atoms with Crippen molar-refractivity contribution in [3.05, 3.63) is 35.6 Å². The Kier molecular flexibility index (Phi) is 4.31. The highest BCUT2D eigenvalue weighted by atomic mass is 19.1. The second-order valence-electron chi connectivity index (χ2n) is 4.89. The molecule has 0 aromatic heterocycles. The highest BCUT2D eigenvalue weighted by Gasteiger charge is 2.22. The Bertz CT molecular complexity index is 405. The molecule has 1 aliphatic rings. The molecule has 98 valence electrons. The largest absolute Gasteiger partial charge is 0.342 e. The van der Waals surface area contributed by atoms with Gasteiger partial charge in [0, 0.05) is 13.1 Å². The van der Waals surface area contributed by atoms with Gasteiger partial charge in [0.05, 0.1) is 6.42 Å². The lowest BCUT2D eigenvalue weighted by Gasteiger charge is -2.32. The van der Waals surface area contributed by atoms with Crippen molar-refractivity contribution >= 4 is 5.91 Å². The maximum atomic E-state index is 12.8. The summed E-state index contributed by atoms with van der Waals surface area (Å²) in [6.45, 7) is 2.22. The number of hydrogen-bond donors (Lipinski definition) is 1. The van der Waals surface area contributed by atoms with Crippen LogP contribution in [0.5, 0.6) is 0 Å². The van der Waals surface area contributed by atoms with Gasteiger partial charge in [0.15, 0.2) is 0 Å². The van der Waals surface area contributed by atoms with E-state index in [-0.39, 0.29) is 11.7 Å². The normalized spacial score (nSPS) is 19.9. The molecule has 3 nitrogen and oxygen atoms in total. The molecule has 1 heterocycles. The second kappa shape index (κ2) is 5.96. The van der Waals surface area contributed by atoms with Crippen molar-refractivity contribution in [2.24, 2.45) is 11.7 Å². The van der Waals surface area contributed by atoms with E-state index in [1.807, 2.05) is 4.90 Å². The van der Waals surface area contributed by atoms with Gasteiger partial charge in [-0.05, 0) is 43.0 Å². The topological polar surface area (TPSA) is 46.3 Å². The van der Waals surface area contributed by atoms with Gasteiger partial charge in [-0.1, -0.05) is 12.1 Å². The maximum absolute atomic E-state index is 12.8. The van der Waals surface area contributed by atoms with Crippen molar-refractivity contribution in [3.8, 4) is 0 Å². The van der Waals surface area contributed by atoms with Gasteiger partial charge in [0.1, 0.15) is 5.82 Å². The second-order valence-corrected chi connectivity index (χ2v) is 4.89. The minimum Gasteiger partial charge on any atom is -0.342 e. The molecule has 1 amide bonds. The molecule has 4 heteroatoms. The number of halogens is 1. The van der Waals surface area contributed by atoms with Crippen LogP contribution < -0.4 is 5.73 Å². The van der Waals surface area contributed by atoms with Crippen molar-refractivity contribution in [2.75, 3.05) is 19.6 Å². The predicted octanol–water partition coefficient (Wildman–Crippen LogP) is 1.57. The van der Waals surface area contributed by atoms with Crippen LogP contribution in [-0.4, -0.2) is 30.4 Å². The van der Waals surface area contributed by atoms with Gasteiger partial charge in [-0.3, -0.25) is 4.79 Å². The van der Waals surface area contributed by atoms with Crippen molar-refractivity contribution < 1.29 is 9.18 Å². The molecule has 1 aromatic rings. The molecule has 0 bridgehead atoms. The van der Waals surface area contributed by atoms with E-state index in [0.717, 1.165) is 31.5 Å². The number of amides is 1. The highest BCUT2D eigenvalue weighted by Crippen LogP contribution is 2.16. The fraction of sp³-hybridized carbons (Fsp3) is 0.500. The first kappa shape index (κ1) is 13.0. The fourth-order valence-electron chi connectivity index (χ4n) is 2.37. The van der Waals surface area contributed by atoms with Gasteiger partial charge in [-0.25, -0.2) is 4.39 Å². The van der Waals surface area contributed by atoms with Gasteiger partial charge < -0.3 is 10.6 Å². The average molecular weight is 250 g/mol. The summed E-state index contributed by atoms with van der Waals surface area (Å²) in [5.41, 5.74) is 6.51. The van der Waals surface area contributed by atoms with Gasteiger partial charge in [0.25, 0.3) is 0 Å². The van der Waals surface area contributed by atoms with Crippen LogP contribution in [0.25, 0.3) is 0 Å². The molecule has 1 atom stereocenters. The Morgan fingerprint density at radius 2 is 2.11 bits per heavy atom. The Morgan fingerprint density at radius 3 is 2.78 bits per heavy atom. The van der Waals surface area contributed by atoms with E-state index in [9.17, 15) is 9.18 Å². The van der Waals surface area contributed by atoms with E-state index >= 15 is 0 Å². The van der Waals surface area contributed by atoms with Crippen molar-refractivity contribution in [1.29, 1.82) is 0 Å². The SMILES string of the molecule is NCC1CCCN(C(=O)Cc2ccc(F)cc2)C1. The van der Waals surface area contributed by atoms with Gasteiger partial charge >= 0.3 is 0 Å². The number of rotatable bonds is 3. The Morgan fingerprint density at radius 1 is 1.39 bits per heavy atom. The molecule has 2 rings (SSSR count). The van der Waals surface area contributed by atoms with Crippen molar-refractivity contribution in [1.82, 2.24) is 4.90 Å². The number of nitrogens with two attached hydrogens (primary N) is 1. The lowest BCUT2D eigenvalue weighted by molar-refractivity contribution is -0.132. The zero-order valence-electron chi connectivity index (χ0n) is 10.4. The maximum Gasteiger partial charge on any atom is 0.226 e. The van der Waals surface area contributed by atoms with E-state index < -0.39 is 0 Å². The van der Waals surface area contributed by atoms with Crippen LogP contribution in [0.3, 0.4) is 0 Å². The van der Waals surface area contributed by atoms with Crippen LogP contribution in [0, 0.1) is 11.7 Å². The molecule has 2 N–H and O–H groups in total. The third-order valence-corrected chi connectivity index (χ3v) is 3.47. The molecule has 1 unspecified atom stereocenters. The van der Waals surface area contributed by atoms with E-state index in [4.69, 9.17) is 5.73 Å². The molecule has 1 saturated heterocycles. The average Bonchev–Trinajstić information content (AvgIpc) is 2.41. The van der Waals surface area contributed by atoms with Crippen LogP contribution >= 0.6 is 0 Å². The molecule has 1 aliphatic heterocycles. The summed E-state index contributed by atoms with van der Waals surface area (Å²) in [6, 6.07) is 6.11. The lowest BCUT2D eigenvalue weighted by Crippen LogP contribution is -2.42. The fourth-order valence-corrected chi connectivity index (χ4v) is 2.37.